The van der Waals surface area contributed by atoms with Gasteiger partial charge >= 0.3 is 0 Å². The number of hydrogen-bond donors (Lipinski definition) is 2. The lowest BCUT2D eigenvalue weighted by Gasteiger charge is -1.98. The van der Waals surface area contributed by atoms with E-state index in [4.69, 9.17) is 11.5 Å². The van der Waals surface area contributed by atoms with E-state index in [1.54, 1.807) is 0 Å². The number of aromatic nitrogens is 2. The number of nitrogens with two attached hydrogens (primary N) is 2. The number of aryl methyl sites for hydroxylation is 1. The Morgan fingerprint density at radius 3 is 2.69 bits per heavy atom. The summed E-state index contributed by atoms with van der Waals surface area (Å²) in [4.78, 5) is 8.37. The van der Waals surface area contributed by atoms with Gasteiger partial charge in [0.25, 0.3) is 0 Å². The van der Waals surface area contributed by atoms with E-state index in [1.807, 2.05) is 35.9 Å². The molecule has 0 saturated heterocycles. The fraction of sp³-hybridized carbons (Fsp3) is 0.200. The van der Waals surface area contributed by atoms with E-state index in [-0.39, 0.29) is 29.9 Å². The Morgan fingerprint density at radius 2 is 2.06 bits per heavy atom. The van der Waals surface area contributed by atoms with Crippen molar-refractivity contribution < 1.29 is 0 Å². The molecule has 1 aromatic carbocycles. The molecule has 0 fully saturated rings. The van der Waals surface area contributed by atoms with Crippen LogP contribution in [0.25, 0.3) is 11.0 Å². The molecule has 0 atom stereocenters. The predicted molar refractivity (Wildman–Crippen MR) is 75.6 cm³/mol. The number of fused-ring (bicyclic) bond motifs is 1. The van der Waals surface area contributed by atoms with Gasteiger partial charge in [-0.2, -0.15) is 0 Å². The Morgan fingerprint density at radius 1 is 1.38 bits per heavy atom. The molecule has 16 heavy (non-hydrogen) atoms. The average Bonchev–Trinajstić information content (AvgIpc) is 2.54. The lowest BCUT2D eigenvalue weighted by Crippen LogP contribution is -2.22. The van der Waals surface area contributed by atoms with Crippen molar-refractivity contribution in [2.75, 3.05) is 0 Å². The van der Waals surface area contributed by atoms with Crippen LogP contribution in [0.5, 0.6) is 0 Å². The predicted octanol–water partition coefficient (Wildman–Crippen LogP) is 0.965. The van der Waals surface area contributed by atoms with Crippen molar-refractivity contribution in [2.24, 2.45) is 23.5 Å². The highest BCUT2D eigenvalue weighted by Gasteiger charge is 2.05. The monoisotopic (exact) mass is 331 g/mol. The number of imidazole rings is 1. The van der Waals surface area contributed by atoms with Crippen molar-refractivity contribution in [3.05, 3.63) is 30.1 Å². The van der Waals surface area contributed by atoms with Crippen LogP contribution in [0, 0.1) is 0 Å². The van der Waals surface area contributed by atoms with E-state index in [1.165, 1.54) is 0 Å². The van der Waals surface area contributed by atoms with Crippen LogP contribution in [-0.2, 0) is 13.6 Å². The van der Waals surface area contributed by atoms with Crippen LogP contribution >= 0.6 is 24.0 Å². The second-order valence-corrected chi connectivity index (χ2v) is 3.32. The molecule has 0 amide bonds. The second kappa shape index (κ2) is 5.15. The number of nitrogens with zero attached hydrogens (tertiary/aromatic N) is 3. The quantitative estimate of drug-likeness (QED) is 0.489. The maximum Gasteiger partial charge on any atom is 0.186 e. The number of para-hydroxylation sites is 2. The Labute approximate surface area is 111 Å². The Balaban J connectivity index is 0.00000128. The zero-order chi connectivity index (χ0) is 10.8. The van der Waals surface area contributed by atoms with Gasteiger partial charge in [-0.05, 0) is 12.1 Å². The first-order valence-corrected chi connectivity index (χ1v) is 4.64. The van der Waals surface area contributed by atoms with Gasteiger partial charge in [0.15, 0.2) is 5.96 Å². The van der Waals surface area contributed by atoms with Gasteiger partial charge in [-0.25, -0.2) is 9.98 Å². The van der Waals surface area contributed by atoms with Crippen molar-refractivity contribution >= 4 is 41.0 Å². The largest absolute Gasteiger partial charge is 0.370 e. The summed E-state index contributed by atoms with van der Waals surface area (Å²) in [6.07, 6.45) is 0. The highest BCUT2D eigenvalue weighted by atomic mass is 127. The molecule has 0 aliphatic rings. The molecule has 1 heterocycles. The van der Waals surface area contributed by atoms with Gasteiger partial charge in [0.2, 0.25) is 0 Å². The summed E-state index contributed by atoms with van der Waals surface area (Å²) in [7, 11) is 1.95. The van der Waals surface area contributed by atoms with E-state index in [2.05, 4.69) is 9.98 Å². The summed E-state index contributed by atoms with van der Waals surface area (Å²) in [5, 5.41) is 0. The van der Waals surface area contributed by atoms with E-state index < -0.39 is 0 Å². The average molecular weight is 331 g/mol. The van der Waals surface area contributed by atoms with E-state index in [0.29, 0.717) is 6.54 Å². The maximum atomic E-state index is 5.28. The maximum absolute atomic E-state index is 5.28. The number of halogens is 1. The van der Waals surface area contributed by atoms with Gasteiger partial charge < -0.3 is 16.0 Å². The minimum absolute atomic E-state index is 0. The molecular weight excluding hydrogens is 317 g/mol. The molecule has 5 nitrogen and oxygen atoms in total. The summed E-state index contributed by atoms with van der Waals surface area (Å²) in [5.41, 5.74) is 12.6. The van der Waals surface area contributed by atoms with E-state index >= 15 is 0 Å². The van der Waals surface area contributed by atoms with Crippen molar-refractivity contribution in [1.29, 1.82) is 0 Å². The molecule has 0 aliphatic heterocycles. The lowest BCUT2D eigenvalue weighted by atomic mass is 10.3. The fourth-order valence-electron chi connectivity index (χ4n) is 1.50. The molecule has 4 N–H and O–H groups in total. The van der Waals surface area contributed by atoms with Crippen molar-refractivity contribution in [2.45, 2.75) is 6.54 Å². The van der Waals surface area contributed by atoms with Crippen LogP contribution in [0.1, 0.15) is 5.82 Å². The molecule has 0 saturated carbocycles. The number of aliphatic imine (C=N–C) groups is 1. The molecule has 0 aliphatic carbocycles. The molecule has 0 radical (unpaired) electrons. The molecule has 0 spiro atoms. The third-order valence-electron chi connectivity index (χ3n) is 2.28. The summed E-state index contributed by atoms with van der Waals surface area (Å²) in [6.45, 7) is 0.410. The SMILES string of the molecule is Cn1c(CN=C(N)N)nc2ccccc21.I. The first-order chi connectivity index (χ1) is 7.18. The minimum Gasteiger partial charge on any atom is -0.370 e. The topological polar surface area (TPSA) is 82.2 Å². The first kappa shape index (κ1) is 12.8. The van der Waals surface area contributed by atoms with Crippen LogP contribution < -0.4 is 11.5 Å². The zero-order valence-electron chi connectivity index (χ0n) is 8.92. The number of rotatable bonds is 2. The molecule has 86 valence electrons. The van der Waals surface area contributed by atoms with Gasteiger partial charge in [0, 0.05) is 7.05 Å². The Hall–Kier alpha value is -1.31. The highest BCUT2D eigenvalue weighted by Crippen LogP contribution is 2.14. The van der Waals surface area contributed by atoms with Crippen molar-refractivity contribution in [1.82, 2.24) is 9.55 Å². The van der Waals surface area contributed by atoms with Crippen LogP contribution in [0.15, 0.2) is 29.3 Å². The second-order valence-electron chi connectivity index (χ2n) is 3.32. The normalized spacial score (nSPS) is 9.81. The van der Waals surface area contributed by atoms with Crippen LogP contribution in [0.3, 0.4) is 0 Å². The fourth-order valence-corrected chi connectivity index (χ4v) is 1.50. The van der Waals surface area contributed by atoms with Gasteiger partial charge in [0.1, 0.15) is 12.4 Å². The standard InChI is InChI=1S/C10H13N5.HI/c1-15-8-5-3-2-4-7(8)14-9(15)6-13-10(11)12;/h2-5H,6H2,1H3,(H4,11,12,13);1H. The van der Waals surface area contributed by atoms with Crippen molar-refractivity contribution in [3.63, 3.8) is 0 Å². The number of benzene rings is 1. The summed E-state index contributed by atoms with van der Waals surface area (Å²) >= 11 is 0. The van der Waals surface area contributed by atoms with Crippen LogP contribution in [0.4, 0.5) is 0 Å². The van der Waals surface area contributed by atoms with Gasteiger partial charge in [-0.1, -0.05) is 12.1 Å². The van der Waals surface area contributed by atoms with Crippen LogP contribution in [0.2, 0.25) is 0 Å². The first-order valence-electron chi connectivity index (χ1n) is 4.64. The molecular formula is C10H14IN5. The van der Waals surface area contributed by atoms with E-state index in [9.17, 15) is 0 Å². The third kappa shape index (κ3) is 2.43. The van der Waals surface area contributed by atoms with Gasteiger partial charge in [0.05, 0.1) is 11.0 Å². The smallest absolute Gasteiger partial charge is 0.186 e. The summed E-state index contributed by atoms with van der Waals surface area (Å²) in [5.74, 6) is 0.937. The lowest BCUT2D eigenvalue weighted by molar-refractivity contribution is 0.812. The summed E-state index contributed by atoms with van der Waals surface area (Å²) < 4.78 is 1.99. The molecule has 1 aromatic heterocycles. The third-order valence-corrected chi connectivity index (χ3v) is 2.28. The minimum atomic E-state index is 0. The Bertz CT molecular complexity index is 513. The molecule has 2 rings (SSSR count). The molecule has 0 unspecified atom stereocenters. The van der Waals surface area contributed by atoms with E-state index in [0.717, 1.165) is 16.9 Å². The van der Waals surface area contributed by atoms with Gasteiger partial charge in [-0.15, -0.1) is 24.0 Å². The van der Waals surface area contributed by atoms with Crippen molar-refractivity contribution in [3.8, 4) is 0 Å². The number of guanidine groups is 1. The molecule has 0 bridgehead atoms. The van der Waals surface area contributed by atoms with Crippen LogP contribution in [-0.4, -0.2) is 15.5 Å². The van der Waals surface area contributed by atoms with Gasteiger partial charge in [-0.3, -0.25) is 0 Å². The summed E-state index contributed by atoms with van der Waals surface area (Å²) in [6, 6.07) is 7.92. The number of hydrogen-bond acceptors (Lipinski definition) is 2. The molecule has 2 aromatic rings. The highest BCUT2D eigenvalue weighted by molar-refractivity contribution is 14.0. The zero-order valence-corrected chi connectivity index (χ0v) is 11.3. The Kier molecular flexibility index (Phi) is 4.11. The molecule has 6 heteroatoms.